The van der Waals surface area contributed by atoms with Gasteiger partial charge in [-0.05, 0) is 29.5 Å². The zero-order valence-electron chi connectivity index (χ0n) is 16.8. The van der Waals surface area contributed by atoms with Crippen molar-refractivity contribution in [3.8, 4) is 11.4 Å². The second kappa shape index (κ2) is 8.64. The average molecular weight is 443 g/mol. The van der Waals surface area contributed by atoms with Crippen LogP contribution in [0.1, 0.15) is 0 Å². The van der Waals surface area contributed by atoms with Crippen molar-refractivity contribution in [2.45, 2.75) is 16.3 Å². The molecule has 9 heteroatoms. The molecule has 0 radical (unpaired) electrons. The Labute approximate surface area is 187 Å². The molecule has 32 heavy (non-hydrogen) atoms. The van der Waals surface area contributed by atoms with Crippen molar-refractivity contribution in [3.63, 3.8) is 0 Å². The highest BCUT2D eigenvalue weighted by Crippen LogP contribution is 2.47. The Morgan fingerprint density at radius 2 is 1.47 bits per heavy atom. The second-order valence-electron chi connectivity index (χ2n) is 6.94. The van der Waals surface area contributed by atoms with E-state index in [-0.39, 0.29) is 12.5 Å². The minimum atomic E-state index is -0.622. The monoisotopic (exact) mass is 443 g/mol. The summed E-state index contributed by atoms with van der Waals surface area (Å²) >= 11 is 1.60. The van der Waals surface area contributed by atoms with Gasteiger partial charge in [-0.2, -0.15) is 4.80 Å². The number of rotatable bonds is 5. The van der Waals surface area contributed by atoms with Gasteiger partial charge < -0.3 is 4.74 Å². The fourth-order valence-electron chi connectivity index (χ4n) is 3.35. The normalized spacial score (nSPS) is 12.1. The Kier molecular flexibility index (Phi) is 5.39. The van der Waals surface area contributed by atoms with Crippen LogP contribution < -0.4 is 4.90 Å². The summed E-state index contributed by atoms with van der Waals surface area (Å²) in [5.41, 5.74) is 2.33. The van der Waals surface area contributed by atoms with Gasteiger partial charge in [-0.25, -0.2) is 4.79 Å². The molecule has 0 spiro atoms. The predicted molar refractivity (Wildman–Crippen MR) is 118 cm³/mol. The molecule has 1 aliphatic heterocycles. The van der Waals surface area contributed by atoms with E-state index in [4.69, 9.17) is 4.74 Å². The molecule has 1 aromatic heterocycles. The maximum atomic E-state index is 13.1. The molecule has 0 N–H and O–H groups in total. The van der Waals surface area contributed by atoms with Gasteiger partial charge in [-0.15, -0.1) is 10.2 Å². The number of carbonyl (C=O) groups excluding carboxylic acids is 2. The third-order valence-corrected chi connectivity index (χ3v) is 5.92. The summed E-state index contributed by atoms with van der Waals surface area (Å²) < 4.78 is 5.24. The first-order valence-electron chi connectivity index (χ1n) is 9.87. The van der Waals surface area contributed by atoms with Gasteiger partial charge in [0.15, 0.2) is 13.2 Å². The Hall–Kier alpha value is -3.98. The van der Waals surface area contributed by atoms with Gasteiger partial charge in [0.2, 0.25) is 5.82 Å². The van der Waals surface area contributed by atoms with Gasteiger partial charge in [0.25, 0.3) is 5.91 Å². The number of fused-ring (bicyclic) bond motifs is 2. The van der Waals surface area contributed by atoms with Crippen LogP contribution in [0, 0.1) is 0 Å². The summed E-state index contributed by atoms with van der Waals surface area (Å²) in [6.07, 6.45) is 0. The van der Waals surface area contributed by atoms with Crippen LogP contribution in [0.4, 0.5) is 11.4 Å². The number of nitrogens with zero attached hydrogens (tertiary/aromatic N) is 5. The van der Waals surface area contributed by atoms with E-state index >= 15 is 0 Å². The minimum absolute atomic E-state index is 0.240. The van der Waals surface area contributed by atoms with Crippen LogP contribution >= 0.6 is 11.8 Å². The molecule has 1 aliphatic rings. The summed E-state index contributed by atoms with van der Waals surface area (Å²) in [5, 5.41) is 12.0. The molecule has 0 aliphatic carbocycles. The number of ether oxygens (including phenoxy) is 1. The lowest BCUT2D eigenvalue weighted by Gasteiger charge is -2.30. The number of hydrogen-bond acceptors (Lipinski definition) is 7. The smallest absolute Gasteiger partial charge is 0.330 e. The first kappa shape index (κ1) is 20.0. The van der Waals surface area contributed by atoms with E-state index in [1.807, 2.05) is 78.9 Å². The number of esters is 1. The Bertz CT molecular complexity index is 1250. The average Bonchev–Trinajstić information content (AvgIpc) is 3.30. The van der Waals surface area contributed by atoms with Crippen LogP contribution in [0.15, 0.2) is 88.7 Å². The van der Waals surface area contributed by atoms with E-state index in [9.17, 15) is 9.59 Å². The number of carbonyl (C=O) groups is 2. The summed E-state index contributed by atoms with van der Waals surface area (Å²) in [6.45, 7) is -0.636. The molecule has 5 rings (SSSR count). The molecule has 0 unspecified atom stereocenters. The zero-order chi connectivity index (χ0) is 21.9. The van der Waals surface area contributed by atoms with E-state index in [1.54, 1.807) is 16.7 Å². The van der Waals surface area contributed by atoms with Crippen LogP contribution in [0.2, 0.25) is 0 Å². The van der Waals surface area contributed by atoms with Gasteiger partial charge in [-0.3, -0.25) is 9.69 Å². The molecule has 158 valence electrons. The van der Waals surface area contributed by atoms with Crippen molar-refractivity contribution in [3.05, 3.63) is 78.9 Å². The third-order valence-electron chi connectivity index (χ3n) is 4.79. The fraction of sp³-hybridized carbons (Fsp3) is 0.0870. The Balaban J connectivity index is 1.27. The van der Waals surface area contributed by atoms with Crippen LogP contribution in [-0.2, 0) is 20.9 Å². The Morgan fingerprint density at radius 3 is 2.16 bits per heavy atom. The van der Waals surface area contributed by atoms with Gasteiger partial charge in [-0.1, -0.05) is 66.4 Å². The largest absolute Gasteiger partial charge is 0.454 e. The maximum absolute atomic E-state index is 13.1. The van der Waals surface area contributed by atoms with Crippen molar-refractivity contribution in [2.75, 3.05) is 11.5 Å². The third kappa shape index (κ3) is 3.97. The van der Waals surface area contributed by atoms with E-state index in [0.717, 1.165) is 31.5 Å². The molecule has 0 saturated carbocycles. The van der Waals surface area contributed by atoms with Gasteiger partial charge in [0.05, 0.1) is 11.4 Å². The predicted octanol–water partition coefficient (Wildman–Crippen LogP) is 3.71. The summed E-state index contributed by atoms with van der Waals surface area (Å²) in [6, 6.07) is 24.6. The van der Waals surface area contributed by atoms with Crippen molar-refractivity contribution in [1.29, 1.82) is 0 Å². The molecule has 2 heterocycles. The quantitative estimate of drug-likeness (QED) is 0.434. The van der Waals surface area contributed by atoms with Gasteiger partial charge >= 0.3 is 5.97 Å². The van der Waals surface area contributed by atoms with Crippen molar-refractivity contribution >= 4 is 35.0 Å². The molecule has 0 fully saturated rings. The van der Waals surface area contributed by atoms with E-state index in [0.29, 0.717) is 5.82 Å². The topological polar surface area (TPSA) is 90.2 Å². The van der Waals surface area contributed by atoms with E-state index < -0.39 is 12.6 Å². The number of para-hydroxylation sites is 2. The number of hydrogen-bond donors (Lipinski definition) is 0. The molecule has 4 aromatic rings. The lowest BCUT2D eigenvalue weighted by atomic mass is 10.2. The summed E-state index contributed by atoms with van der Waals surface area (Å²) in [7, 11) is 0. The summed E-state index contributed by atoms with van der Waals surface area (Å²) in [4.78, 5) is 30.0. The van der Waals surface area contributed by atoms with Crippen molar-refractivity contribution in [1.82, 2.24) is 20.2 Å². The van der Waals surface area contributed by atoms with E-state index in [2.05, 4.69) is 15.4 Å². The number of tetrazole rings is 1. The fourth-order valence-corrected chi connectivity index (χ4v) is 4.41. The van der Waals surface area contributed by atoms with Crippen molar-refractivity contribution in [2.24, 2.45) is 0 Å². The van der Waals surface area contributed by atoms with Crippen LogP contribution in [0.3, 0.4) is 0 Å². The first-order chi connectivity index (χ1) is 15.7. The van der Waals surface area contributed by atoms with Crippen LogP contribution in [-0.4, -0.2) is 38.7 Å². The lowest BCUT2D eigenvalue weighted by molar-refractivity contribution is -0.148. The second-order valence-corrected chi connectivity index (χ2v) is 8.02. The molecular weight excluding hydrogens is 426 g/mol. The first-order valence-corrected chi connectivity index (χ1v) is 10.7. The molecular formula is C23H17N5O3S. The van der Waals surface area contributed by atoms with Gasteiger partial charge in [0.1, 0.15) is 0 Å². The molecule has 1 amide bonds. The minimum Gasteiger partial charge on any atom is -0.454 e. The number of anilines is 2. The maximum Gasteiger partial charge on any atom is 0.330 e. The highest BCUT2D eigenvalue weighted by Gasteiger charge is 2.28. The lowest BCUT2D eigenvalue weighted by Crippen LogP contribution is -2.33. The van der Waals surface area contributed by atoms with Crippen LogP contribution in [0.5, 0.6) is 0 Å². The molecule has 0 atom stereocenters. The molecule has 0 saturated heterocycles. The van der Waals surface area contributed by atoms with E-state index in [1.165, 1.54) is 0 Å². The standard InChI is InChI=1S/C23H17N5O3S/c29-21(28-17-10-4-6-12-19(17)32-20-13-7-5-11-18(20)28)15-31-22(30)14-27-25-23(24-26-27)16-8-2-1-3-9-16/h1-13H,14-15H2. The Morgan fingerprint density at radius 1 is 0.844 bits per heavy atom. The SMILES string of the molecule is O=C(Cn1nnc(-c2ccccc2)n1)OCC(=O)N1c2ccccc2Sc2ccccc21. The van der Waals surface area contributed by atoms with Crippen LogP contribution in [0.25, 0.3) is 11.4 Å². The highest BCUT2D eigenvalue weighted by atomic mass is 32.2. The molecule has 0 bridgehead atoms. The molecule has 3 aromatic carbocycles. The number of aromatic nitrogens is 4. The summed E-state index contributed by atoms with van der Waals surface area (Å²) in [5.74, 6) is -0.549. The highest BCUT2D eigenvalue weighted by molar-refractivity contribution is 7.99. The van der Waals surface area contributed by atoms with Crippen molar-refractivity contribution < 1.29 is 14.3 Å². The van der Waals surface area contributed by atoms with Gasteiger partial charge in [0, 0.05) is 15.4 Å². The zero-order valence-corrected chi connectivity index (χ0v) is 17.6. The molecule has 8 nitrogen and oxygen atoms in total. The number of amides is 1. The number of benzene rings is 3.